The normalized spacial score (nSPS) is 11.6. The van der Waals surface area contributed by atoms with Crippen LogP contribution in [0.4, 0.5) is 0 Å². The third kappa shape index (κ3) is 7.41. The average molecular weight is 446 g/mol. The van der Waals surface area contributed by atoms with Gasteiger partial charge in [0.2, 0.25) is 5.91 Å². The quantitative estimate of drug-likeness (QED) is 0.344. The van der Waals surface area contributed by atoms with Gasteiger partial charge < -0.3 is 21.7 Å². The predicted octanol–water partition coefficient (Wildman–Crippen LogP) is 0.479. The highest BCUT2D eigenvalue weighted by atomic mass is 32.2. The molecule has 5 N–H and O–H groups in total. The van der Waals surface area contributed by atoms with Crippen molar-refractivity contribution in [3.63, 3.8) is 0 Å². The van der Waals surface area contributed by atoms with Gasteiger partial charge in [-0.2, -0.15) is 0 Å². The molecule has 0 saturated heterocycles. The van der Waals surface area contributed by atoms with Crippen LogP contribution in [0, 0.1) is 6.92 Å². The van der Waals surface area contributed by atoms with Crippen LogP contribution in [0.15, 0.2) is 52.4 Å². The third-order valence-corrected chi connectivity index (χ3v) is 5.68. The van der Waals surface area contributed by atoms with E-state index in [4.69, 9.17) is 5.73 Å². The van der Waals surface area contributed by atoms with E-state index in [1.165, 1.54) is 6.26 Å². The zero-order chi connectivity index (χ0) is 23.0. The maximum absolute atomic E-state index is 11.9. The molecule has 2 rings (SSSR count). The number of rotatable bonds is 8. The Hall–Kier alpha value is -3.40. The minimum Gasteiger partial charge on any atom is -0.368 e. The summed E-state index contributed by atoms with van der Waals surface area (Å²) in [7, 11) is -1.59. The summed E-state index contributed by atoms with van der Waals surface area (Å²) in [4.78, 5) is 27.1. The molecule has 166 valence electrons. The molecule has 0 saturated carbocycles. The molecule has 0 atom stereocenters. The second-order valence-electron chi connectivity index (χ2n) is 7.00. The van der Waals surface area contributed by atoms with Gasteiger partial charge >= 0.3 is 0 Å². The molecule has 0 aromatic heterocycles. The molecule has 0 aliphatic heterocycles. The number of hydrogen-bond donors (Lipinski definition) is 4. The van der Waals surface area contributed by atoms with E-state index < -0.39 is 15.7 Å². The Morgan fingerprint density at radius 2 is 1.55 bits per heavy atom. The number of guanidine groups is 1. The van der Waals surface area contributed by atoms with Crippen LogP contribution in [-0.4, -0.2) is 46.0 Å². The van der Waals surface area contributed by atoms with Crippen LogP contribution < -0.4 is 21.7 Å². The van der Waals surface area contributed by atoms with Gasteiger partial charge in [-0.05, 0) is 41.8 Å². The Morgan fingerprint density at radius 3 is 2.06 bits per heavy atom. The Labute approximate surface area is 182 Å². The van der Waals surface area contributed by atoms with Gasteiger partial charge in [-0.1, -0.05) is 24.3 Å². The smallest absolute Gasteiger partial charge is 0.251 e. The molecule has 10 heteroatoms. The summed E-state index contributed by atoms with van der Waals surface area (Å²) in [6.07, 6.45) is 1.19. The third-order valence-electron chi connectivity index (χ3n) is 4.42. The fraction of sp³-hybridized carbons (Fsp3) is 0.286. The van der Waals surface area contributed by atoms with E-state index in [9.17, 15) is 18.0 Å². The lowest BCUT2D eigenvalue weighted by Gasteiger charge is -2.13. The summed E-state index contributed by atoms with van der Waals surface area (Å²) in [6.45, 7) is 2.52. The Balaban J connectivity index is 1.89. The largest absolute Gasteiger partial charge is 0.368 e. The zero-order valence-corrected chi connectivity index (χ0v) is 18.5. The van der Waals surface area contributed by atoms with Crippen LogP contribution in [0.3, 0.4) is 0 Å². The van der Waals surface area contributed by atoms with Gasteiger partial charge in [0.05, 0.1) is 11.4 Å². The number of primary amides is 1. The minimum absolute atomic E-state index is 0.208. The van der Waals surface area contributed by atoms with Gasteiger partial charge in [0.1, 0.15) is 0 Å². The highest BCUT2D eigenvalue weighted by Gasteiger charge is 2.11. The number of nitrogens with one attached hydrogen (secondary N) is 3. The van der Waals surface area contributed by atoms with Crippen LogP contribution in [-0.2, 0) is 27.7 Å². The molecule has 2 amide bonds. The fourth-order valence-corrected chi connectivity index (χ4v) is 3.83. The van der Waals surface area contributed by atoms with Crippen LogP contribution >= 0.6 is 0 Å². The molecule has 0 radical (unpaired) electrons. The summed E-state index contributed by atoms with van der Waals surface area (Å²) >= 11 is 0. The Kier molecular flexibility index (Phi) is 8.14. The molecule has 2 aromatic rings. The van der Waals surface area contributed by atoms with Gasteiger partial charge in [-0.15, -0.1) is 0 Å². The number of aryl methyl sites for hydroxylation is 1. The van der Waals surface area contributed by atoms with Crippen molar-refractivity contribution in [3.05, 3.63) is 64.7 Å². The van der Waals surface area contributed by atoms with Crippen molar-refractivity contribution < 1.29 is 18.0 Å². The maximum Gasteiger partial charge on any atom is 0.251 e. The van der Waals surface area contributed by atoms with Gasteiger partial charge in [-0.3, -0.25) is 14.6 Å². The van der Waals surface area contributed by atoms with Crippen molar-refractivity contribution in [1.82, 2.24) is 16.0 Å². The number of amides is 2. The monoisotopic (exact) mass is 445 g/mol. The van der Waals surface area contributed by atoms with E-state index in [1.807, 2.05) is 6.07 Å². The van der Waals surface area contributed by atoms with Crippen molar-refractivity contribution in [1.29, 1.82) is 0 Å². The van der Waals surface area contributed by atoms with E-state index in [2.05, 4.69) is 20.9 Å². The SMILES string of the molecule is CN=C(NCc1ccc(C(=O)NCC(N)=O)cc1)NCc1ccc(S(C)(=O)=O)c(C)c1. The molecule has 0 unspecified atom stereocenters. The molecule has 0 aliphatic carbocycles. The molecule has 0 aliphatic rings. The Bertz CT molecular complexity index is 1080. The lowest BCUT2D eigenvalue weighted by Crippen LogP contribution is -2.36. The van der Waals surface area contributed by atoms with E-state index in [-0.39, 0.29) is 12.5 Å². The number of nitrogens with two attached hydrogens (primary N) is 1. The second kappa shape index (κ2) is 10.6. The highest BCUT2D eigenvalue weighted by Crippen LogP contribution is 2.16. The first-order valence-corrected chi connectivity index (χ1v) is 11.4. The first kappa shape index (κ1) is 23.9. The van der Waals surface area contributed by atoms with Crippen molar-refractivity contribution in [3.8, 4) is 0 Å². The number of hydrogen-bond acceptors (Lipinski definition) is 5. The van der Waals surface area contributed by atoms with Gasteiger partial charge in [0.15, 0.2) is 15.8 Å². The molecular formula is C21H27N5O4S. The fourth-order valence-electron chi connectivity index (χ4n) is 2.87. The van der Waals surface area contributed by atoms with Crippen LogP contribution in [0.25, 0.3) is 0 Å². The van der Waals surface area contributed by atoms with Crippen LogP contribution in [0.1, 0.15) is 27.0 Å². The molecule has 2 aromatic carbocycles. The van der Waals surface area contributed by atoms with Crippen LogP contribution in [0.2, 0.25) is 0 Å². The lowest BCUT2D eigenvalue weighted by molar-refractivity contribution is -0.117. The second-order valence-corrected chi connectivity index (χ2v) is 8.98. The van der Waals surface area contributed by atoms with Gasteiger partial charge in [0.25, 0.3) is 5.91 Å². The molecule has 31 heavy (non-hydrogen) atoms. The summed E-state index contributed by atoms with van der Waals surface area (Å²) in [6, 6.07) is 12.1. The number of nitrogens with zero attached hydrogens (tertiary/aromatic N) is 1. The molecule has 0 bridgehead atoms. The van der Waals surface area contributed by atoms with Crippen molar-refractivity contribution in [2.24, 2.45) is 10.7 Å². The zero-order valence-electron chi connectivity index (χ0n) is 17.7. The first-order chi connectivity index (χ1) is 14.6. The van der Waals surface area contributed by atoms with Crippen molar-refractivity contribution >= 4 is 27.6 Å². The summed E-state index contributed by atoms with van der Waals surface area (Å²) in [5.74, 6) is -0.393. The number of aliphatic imine (C=N–C) groups is 1. The van der Waals surface area contributed by atoms with Crippen LogP contribution in [0.5, 0.6) is 0 Å². The highest BCUT2D eigenvalue weighted by molar-refractivity contribution is 7.90. The van der Waals surface area contributed by atoms with E-state index in [1.54, 1.807) is 50.4 Å². The first-order valence-electron chi connectivity index (χ1n) is 9.49. The summed E-state index contributed by atoms with van der Waals surface area (Å²) in [5, 5.41) is 8.79. The number of benzene rings is 2. The summed E-state index contributed by atoms with van der Waals surface area (Å²) in [5.41, 5.74) is 8.01. The standard InChI is InChI=1S/C21H27N5O4S/c1-14-10-16(6-9-18(14)31(3,29)30)12-26-21(23-2)25-11-15-4-7-17(8-5-15)20(28)24-13-19(22)27/h4-10H,11-13H2,1-3H3,(H2,22,27)(H,24,28)(H2,23,25,26). The number of carbonyl (C=O) groups excluding carboxylic acids is 2. The molecule has 0 spiro atoms. The van der Waals surface area contributed by atoms with E-state index in [0.717, 1.165) is 11.1 Å². The van der Waals surface area contributed by atoms with Gasteiger partial charge in [0, 0.05) is 32.0 Å². The lowest BCUT2D eigenvalue weighted by atomic mass is 10.1. The van der Waals surface area contributed by atoms with E-state index in [0.29, 0.717) is 35.1 Å². The predicted molar refractivity (Wildman–Crippen MR) is 119 cm³/mol. The van der Waals surface area contributed by atoms with Crippen molar-refractivity contribution in [2.45, 2.75) is 24.9 Å². The van der Waals surface area contributed by atoms with E-state index >= 15 is 0 Å². The maximum atomic E-state index is 11.9. The summed E-state index contributed by atoms with van der Waals surface area (Å²) < 4.78 is 23.5. The minimum atomic E-state index is -3.24. The Morgan fingerprint density at radius 1 is 0.968 bits per heavy atom. The number of sulfone groups is 1. The molecule has 0 heterocycles. The molecule has 0 fully saturated rings. The molecule has 9 nitrogen and oxygen atoms in total. The van der Waals surface area contributed by atoms with Crippen molar-refractivity contribution in [2.75, 3.05) is 19.8 Å². The molecular weight excluding hydrogens is 418 g/mol. The number of carbonyl (C=O) groups is 2. The van der Waals surface area contributed by atoms with Gasteiger partial charge in [-0.25, -0.2) is 8.42 Å². The topological polar surface area (TPSA) is 143 Å². The average Bonchev–Trinajstić information content (AvgIpc) is 2.71.